The second-order valence-electron chi connectivity index (χ2n) is 3.96. The lowest BCUT2D eigenvalue weighted by Crippen LogP contribution is -2.25. The van der Waals surface area contributed by atoms with Gasteiger partial charge in [0.1, 0.15) is 0 Å². The fourth-order valence-corrected chi connectivity index (χ4v) is 2.12. The first kappa shape index (κ1) is 11.3. The maximum atomic E-state index is 6.07. The molecule has 0 N–H and O–H groups in total. The van der Waals surface area contributed by atoms with Gasteiger partial charge in [0, 0.05) is 12.0 Å². The molecule has 1 heterocycles. The molecule has 0 radical (unpaired) electrons. The first-order valence-electron chi connectivity index (χ1n) is 5.58. The van der Waals surface area contributed by atoms with Crippen LogP contribution in [0.4, 0.5) is 0 Å². The van der Waals surface area contributed by atoms with Crippen LogP contribution in [0.15, 0.2) is 0 Å². The number of alkyl halides is 1. The third kappa shape index (κ3) is 4.87. The summed E-state index contributed by atoms with van der Waals surface area (Å²) < 4.78 is 5.64. The fourth-order valence-electron chi connectivity index (χ4n) is 1.83. The van der Waals surface area contributed by atoms with Crippen molar-refractivity contribution in [3.63, 3.8) is 0 Å². The van der Waals surface area contributed by atoms with Crippen molar-refractivity contribution in [3.8, 4) is 0 Å². The first-order valence-corrected chi connectivity index (χ1v) is 6.02. The summed E-state index contributed by atoms with van der Waals surface area (Å²) in [5, 5.41) is 0.366. The maximum Gasteiger partial charge on any atom is 0.0589 e. The summed E-state index contributed by atoms with van der Waals surface area (Å²) in [6, 6.07) is 0. The van der Waals surface area contributed by atoms with E-state index in [1.165, 1.54) is 32.1 Å². The van der Waals surface area contributed by atoms with Gasteiger partial charge in [-0.05, 0) is 19.3 Å². The Morgan fingerprint density at radius 1 is 1.31 bits per heavy atom. The second-order valence-corrected chi connectivity index (χ2v) is 4.58. The summed E-state index contributed by atoms with van der Waals surface area (Å²) in [7, 11) is 0. The van der Waals surface area contributed by atoms with Crippen molar-refractivity contribution in [3.05, 3.63) is 0 Å². The van der Waals surface area contributed by atoms with E-state index < -0.39 is 0 Å². The van der Waals surface area contributed by atoms with Crippen molar-refractivity contribution in [2.75, 3.05) is 6.61 Å². The van der Waals surface area contributed by atoms with Gasteiger partial charge in [-0.15, -0.1) is 11.6 Å². The molecule has 1 rings (SSSR count). The number of ether oxygens (including phenoxy) is 1. The van der Waals surface area contributed by atoms with E-state index in [1.807, 2.05) is 0 Å². The van der Waals surface area contributed by atoms with Gasteiger partial charge in [0.05, 0.1) is 6.10 Å². The zero-order chi connectivity index (χ0) is 9.52. The van der Waals surface area contributed by atoms with Gasteiger partial charge < -0.3 is 4.74 Å². The van der Waals surface area contributed by atoms with E-state index in [4.69, 9.17) is 16.3 Å². The molecule has 0 aromatic carbocycles. The molecule has 0 bridgehead atoms. The van der Waals surface area contributed by atoms with Gasteiger partial charge >= 0.3 is 0 Å². The van der Waals surface area contributed by atoms with E-state index >= 15 is 0 Å². The Labute approximate surface area is 86.8 Å². The van der Waals surface area contributed by atoms with E-state index in [0.29, 0.717) is 11.5 Å². The van der Waals surface area contributed by atoms with Crippen molar-refractivity contribution >= 4 is 11.6 Å². The van der Waals surface area contributed by atoms with Crippen LogP contribution in [0.25, 0.3) is 0 Å². The van der Waals surface area contributed by atoms with E-state index in [-0.39, 0.29) is 0 Å². The normalized spacial score (nSPS) is 29.1. The highest BCUT2D eigenvalue weighted by Gasteiger charge is 2.19. The van der Waals surface area contributed by atoms with E-state index in [0.717, 1.165) is 19.4 Å². The van der Waals surface area contributed by atoms with Crippen LogP contribution in [0.5, 0.6) is 0 Å². The predicted octanol–water partition coefficient (Wildman–Crippen LogP) is 3.74. The quantitative estimate of drug-likeness (QED) is 0.490. The van der Waals surface area contributed by atoms with Crippen LogP contribution in [0.1, 0.15) is 51.9 Å². The summed E-state index contributed by atoms with van der Waals surface area (Å²) in [6.07, 6.45) is 9.09. The zero-order valence-corrected chi connectivity index (χ0v) is 9.35. The van der Waals surface area contributed by atoms with Crippen molar-refractivity contribution < 1.29 is 4.74 Å². The molecule has 78 valence electrons. The molecule has 2 unspecified atom stereocenters. The lowest BCUT2D eigenvalue weighted by atomic mass is 10.0. The standard InChI is InChI=1S/C11H21ClO/c1-2-3-4-5-6-11-9-10(12)7-8-13-11/h10-11H,2-9H2,1H3. The van der Waals surface area contributed by atoms with Crippen LogP contribution in [-0.2, 0) is 4.74 Å². The Morgan fingerprint density at radius 2 is 2.15 bits per heavy atom. The lowest BCUT2D eigenvalue weighted by Gasteiger charge is -2.25. The summed E-state index contributed by atoms with van der Waals surface area (Å²) >= 11 is 6.07. The Kier molecular flexibility index (Phi) is 5.81. The largest absolute Gasteiger partial charge is 0.378 e. The van der Waals surface area contributed by atoms with Crippen LogP contribution in [0.2, 0.25) is 0 Å². The monoisotopic (exact) mass is 204 g/mol. The van der Waals surface area contributed by atoms with Crippen molar-refractivity contribution in [2.45, 2.75) is 63.4 Å². The van der Waals surface area contributed by atoms with Gasteiger partial charge in [-0.3, -0.25) is 0 Å². The molecule has 0 aromatic rings. The molecular formula is C11H21ClO. The van der Waals surface area contributed by atoms with Crippen molar-refractivity contribution in [1.82, 2.24) is 0 Å². The third-order valence-corrected chi connectivity index (χ3v) is 3.08. The van der Waals surface area contributed by atoms with Crippen LogP contribution >= 0.6 is 11.6 Å². The molecule has 0 spiro atoms. The lowest BCUT2D eigenvalue weighted by molar-refractivity contribution is 0.0116. The van der Waals surface area contributed by atoms with Gasteiger partial charge in [-0.2, -0.15) is 0 Å². The van der Waals surface area contributed by atoms with Gasteiger partial charge in [0.2, 0.25) is 0 Å². The number of hydrogen-bond donors (Lipinski definition) is 0. The van der Waals surface area contributed by atoms with Crippen molar-refractivity contribution in [1.29, 1.82) is 0 Å². The Morgan fingerprint density at radius 3 is 2.85 bits per heavy atom. The summed E-state index contributed by atoms with van der Waals surface area (Å²) in [5.74, 6) is 0. The number of unbranched alkanes of at least 4 members (excludes halogenated alkanes) is 3. The summed E-state index contributed by atoms with van der Waals surface area (Å²) in [6.45, 7) is 3.11. The van der Waals surface area contributed by atoms with Gasteiger partial charge in [0.25, 0.3) is 0 Å². The minimum atomic E-state index is 0.366. The smallest absolute Gasteiger partial charge is 0.0589 e. The molecule has 13 heavy (non-hydrogen) atoms. The minimum Gasteiger partial charge on any atom is -0.378 e. The van der Waals surface area contributed by atoms with Gasteiger partial charge in [0.15, 0.2) is 0 Å². The molecule has 0 aliphatic carbocycles. The molecule has 2 heteroatoms. The van der Waals surface area contributed by atoms with Crippen LogP contribution in [0.3, 0.4) is 0 Å². The summed E-state index contributed by atoms with van der Waals surface area (Å²) in [5.41, 5.74) is 0. The first-order chi connectivity index (χ1) is 6.33. The number of rotatable bonds is 5. The second kappa shape index (κ2) is 6.67. The third-order valence-electron chi connectivity index (χ3n) is 2.68. The molecule has 2 atom stereocenters. The minimum absolute atomic E-state index is 0.366. The molecule has 1 aliphatic rings. The molecular weight excluding hydrogens is 184 g/mol. The molecule has 0 amide bonds. The fraction of sp³-hybridized carbons (Fsp3) is 1.00. The molecule has 1 aliphatic heterocycles. The highest BCUT2D eigenvalue weighted by atomic mass is 35.5. The molecule has 1 nitrogen and oxygen atoms in total. The zero-order valence-electron chi connectivity index (χ0n) is 8.60. The molecule has 1 fully saturated rings. The summed E-state index contributed by atoms with van der Waals surface area (Å²) in [4.78, 5) is 0. The topological polar surface area (TPSA) is 9.23 Å². The van der Waals surface area contributed by atoms with Crippen LogP contribution in [0, 0.1) is 0 Å². The van der Waals surface area contributed by atoms with E-state index in [1.54, 1.807) is 0 Å². The molecule has 0 saturated carbocycles. The average Bonchev–Trinajstić information content (AvgIpc) is 2.13. The van der Waals surface area contributed by atoms with Crippen LogP contribution in [-0.4, -0.2) is 18.1 Å². The maximum absolute atomic E-state index is 6.07. The predicted molar refractivity (Wildman–Crippen MR) is 57.4 cm³/mol. The van der Waals surface area contributed by atoms with Gasteiger partial charge in [-0.1, -0.05) is 32.6 Å². The van der Waals surface area contributed by atoms with E-state index in [9.17, 15) is 0 Å². The SMILES string of the molecule is CCCCCCC1CC(Cl)CCO1. The molecule has 0 aromatic heterocycles. The van der Waals surface area contributed by atoms with Gasteiger partial charge in [-0.25, -0.2) is 0 Å². The highest BCUT2D eigenvalue weighted by molar-refractivity contribution is 6.20. The highest BCUT2D eigenvalue weighted by Crippen LogP contribution is 2.22. The van der Waals surface area contributed by atoms with Crippen molar-refractivity contribution in [2.24, 2.45) is 0 Å². The average molecular weight is 205 g/mol. The van der Waals surface area contributed by atoms with Crippen LogP contribution < -0.4 is 0 Å². The number of hydrogen-bond acceptors (Lipinski definition) is 1. The van der Waals surface area contributed by atoms with E-state index in [2.05, 4.69) is 6.92 Å². The Balaban J connectivity index is 2.00. The Bertz CT molecular complexity index is 127. The Hall–Kier alpha value is 0.250. The number of halogens is 1. The molecule has 1 saturated heterocycles.